The minimum atomic E-state index is -0.482. The van der Waals surface area contributed by atoms with Gasteiger partial charge in [0.1, 0.15) is 5.69 Å². The van der Waals surface area contributed by atoms with Gasteiger partial charge >= 0.3 is 0 Å². The van der Waals surface area contributed by atoms with Gasteiger partial charge in [-0.05, 0) is 30.2 Å². The van der Waals surface area contributed by atoms with Gasteiger partial charge in [0.15, 0.2) is 0 Å². The minimum absolute atomic E-state index is 0.0921. The van der Waals surface area contributed by atoms with Crippen LogP contribution in [0.1, 0.15) is 16.7 Å². The smallest absolute Gasteiger partial charge is 0.293 e. The fraction of sp³-hybridized carbons (Fsp3) is 0.333. The number of anilines is 1. The van der Waals surface area contributed by atoms with Crippen molar-refractivity contribution in [1.82, 2.24) is 9.80 Å². The highest BCUT2D eigenvalue weighted by atomic mass is 16.6. The lowest BCUT2D eigenvalue weighted by Crippen LogP contribution is -2.48. The number of piperazine rings is 1. The Kier molecular flexibility index (Phi) is 6.54. The third-order valence-corrected chi connectivity index (χ3v) is 5.03. The van der Waals surface area contributed by atoms with Crippen LogP contribution in [-0.4, -0.2) is 53.4 Å². The van der Waals surface area contributed by atoms with E-state index in [1.807, 2.05) is 24.3 Å². The van der Waals surface area contributed by atoms with Crippen molar-refractivity contribution < 1.29 is 9.72 Å². The van der Waals surface area contributed by atoms with Crippen LogP contribution < -0.4 is 5.32 Å². The molecule has 1 saturated heterocycles. The van der Waals surface area contributed by atoms with E-state index in [4.69, 9.17) is 5.26 Å². The molecule has 0 spiro atoms. The Morgan fingerprint density at radius 2 is 1.79 bits per heavy atom. The second-order valence-corrected chi connectivity index (χ2v) is 7.14. The van der Waals surface area contributed by atoms with Crippen molar-refractivity contribution in [3.05, 3.63) is 69.3 Å². The largest absolute Gasteiger partial charge is 0.319 e. The lowest BCUT2D eigenvalue weighted by atomic mass is 10.1. The predicted octanol–water partition coefficient (Wildman–Crippen LogP) is 2.53. The molecule has 1 N–H and O–H groups in total. The SMILES string of the molecule is Cc1cccc([N+](=O)[O-])c1NC(=O)CN1CCN(Cc2ccc(C#N)cc2)CC1. The lowest BCUT2D eigenvalue weighted by molar-refractivity contribution is -0.384. The molecule has 0 aromatic heterocycles. The molecule has 0 unspecified atom stereocenters. The van der Waals surface area contributed by atoms with E-state index in [2.05, 4.69) is 21.2 Å². The first kappa shape index (κ1) is 20.5. The molecule has 1 aliphatic heterocycles. The quantitative estimate of drug-likeness (QED) is 0.598. The number of hydrogen-bond donors (Lipinski definition) is 1. The molecule has 3 rings (SSSR count). The molecule has 150 valence electrons. The number of amides is 1. The summed E-state index contributed by atoms with van der Waals surface area (Å²) in [6, 6.07) is 14.4. The molecular weight excluding hydrogens is 370 g/mol. The highest BCUT2D eigenvalue weighted by Crippen LogP contribution is 2.27. The summed E-state index contributed by atoms with van der Waals surface area (Å²) < 4.78 is 0. The molecule has 29 heavy (non-hydrogen) atoms. The number of nitrogens with one attached hydrogen (secondary N) is 1. The molecule has 8 nitrogen and oxygen atoms in total. The summed E-state index contributed by atoms with van der Waals surface area (Å²) in [6.45, 7) is 5.91. The van der Waals surface area contributed by atoms with Crippen molar-refractivity contribution in [1.29, 1.82) is 5.26 Å². The predicted molar refractivity (Wildman–Crippen MR) is 109 cm³/mol. The number of rotatable bonds is 6. The maximum Gasteiger partial charge on any atom is 0.293 e. The van der Waals surface area contributed by atoms with E-state index in [1.54, 1.807) is 19.1 Å². The van der Waals surface area contributed by atoms with Gasteiger partial charge in [-0.25, -0.2) is 0 Å². The Labute approximate surface area is 169 Å². The average molecular weight is 393 g/mol. The summed E-state index contributed by atoms with van der Waals surface area (Å²) in [6.07, 6.45) is 0. The van der Waals surface area contributed by atoms with Crippen LogP contribution >= 0.6 is 0 Å². The highest BCUT2D eigenvalue weighted by molar-refractivity contribution is 5.95. The second-order valence-electron chi connectivity index (χ2n) is 7.14. The topological polar surface area (TPSA) is 103 Å². The molecule has 0 radical (unpaired) electrons. The molecule has 0 aliphatic carbocycles. The second kappa shape index (κ2) is 9.28. The van der Waals surface area contributed by atoms with E-state index in [0.717, 1.165) is 38.3 Å². The number of nitro groups is 1. The molecule has 1 amide bonds. The van der Waals surface area contributed by atoms with E-state index >= 15 is 0 Å². The molecule has 1 fully saturated rings. The first-order valence-corrected chi connectivity index (χ1v) is 9.44. The highest BCUT2D eigenvalue weighted by Gasteiger charge is 2.22. The zero-order valence-electron chi connectivity index (χ0n) is 16.3. The maximum absolute atomic E-state index is 12.4. The van der Waals surface area contributed by atoms with Crippen LogP contribution in [0.2, 0.25) is 0 Å². The number of carbonyl (C=O) groups is 1. The third-order valence-electron chi connectivity index (χ3n) is 5.03. The summed E-state index contributed by atoms with van der Waals surface area (Å²) in [5, 5.41) is 22.8. The van der Waals surface area contributed by atoms with Crippen molar-refractivity contribution in [2.24, 2.45) is 0 Å². The monoisotopic (exact) mass is 393 g/mol. The van der Waals surface area contributed by atoms with Crippen molar-refractivity contribution in [3.63, 3.8) is 0 Å². The molecule has 2 aromatic rings. The summed E-state index contributed by atoms with van der Waals surface area (Å²) >= 11 is 0. The summed E-state index contributed by atoms with van der Waals surface area (Å²) in [5.41, 5.74) is 2.65. The minimum Gasteiger partial charge on any atom is -0.319 e. The van der Waals surface area contributed by atoms with Crippen molar-refractivity contribution in [2.75, 3.05) is 38.0 Å². The van der Waals surface area contributed by atoms with E-state index < -0.39 is 4.92 Å². The molecular formula is C21H23N5O3. The number of carbonyl (C=O) groups excluding carboxylic acids is 1. The molecule has 0 bridgehead atoms. The number of hydrogen-bond acceptors (Lipinski definition) is 6. The normalized spacial score (nSPS) is 14.9. The number of benzene rings is 2. The Morgan fingerprint density at radius 3 is 2.41 bits per heavy atom. The zero-order valence-corrected chi connectivity index (χ0v) is 16.3. The summed E-state index contributed by atoms with van der Waals surface area (Å²) in [7, 11) is 0. The Hall–Kier alpha value is -3.28. The lowest BCUT2D eigenvalue weighted by Gasteiger charge is -2.34. The van der Waals surface area contributed by atoms with Crippen LogP contribution in [-0.2, 0) is 11.3 Å². The average Bonchev–Trinajstić information content (AvgIpc) is 2.71. The Morgan fingerprint density at radius 1 is 1.14 bits per heavy atom. The van der Waals surface area contributed by atoms with Crippen LogP contribution in [0.3, 0.4) is 0 Å². The van der Waals surface area contributed by atoms with Crippen molar-refractivity contribution >= 4 is 17.3 Å². The molecule has 2 aromatic carbocycles. The van der Waals surface area contributed by atoms with Gasteiger partial charge in [0.2, 0.25) is 5.91 Å². The fourth-order valence-corrected chi connectivity index (χ4v) is 3.40. The number of para-hydroxylation sites is 1. The first-order valence-electron chi connectivity index (χ1n) is 9.44. The molecule has 1 heterocycles. The standard InChI is InChI=1S/C21H23N5O3/c1-16-3-2-4-19(26(28)29)21(16)23-20(27)15-25-11-9-24(10-12-25)14-18-7-5-17(13-22)6-8-18/h2-8H,9-12,14-15H2,1H3,(H,23,27). The van der Waals surface area contributed by atoms with Gasteiger partial charge in [0, 0.05) is 38.8 Å². The number of nitro benzene ring substituents is 1. The van der Waals surface area contributed by atoms with Gasteiger partial charge in [-0.1, -0.05) is 24.3 Å². The van der Waals surface area contributed by atoms with Crippen molar-refractivity contribution in [3.8, 4) is 6.07 Å². The molecule has 8 heteroatoms. The summed E-state index contributed by atoms with van der Waals surface area (Å²) in [5.74, 6) is -0.247. The van der Waals surface area contributed by atoms with Gasteiger partial charge in [0.25, 0.3) is 5.69 Å². The fourth-order valence-electron chi connectivity index (χ4n) is 3.40. The van der Waals surface area contributed by atoms with Crippen LogP contribution in [0.4, 0.5) is 11.4 Å². The van der Waals surface area contributed by atoms with Gasteiger partial charge in [-0.15, -0.1) is 0 Å². The van der Waals surface area contributed by atoms with Crippen LogP contribution in [0.5, 0.6) is 0 Å². The van der Waals surface area contributed by atoms with Crippen LogP contribution in [0, 0.1) is 28.4 Å². The van der Waals surface area contributed by atoms with Gasteiger partial charge in [-0.3, -0.25) is 24.7 Å². The van der Waals surface area contributed by atoms with E-state index in [1.165, 1.54) is 6.07 Å². The van der Waals surface area contributed by atoms with E-state index in [9.17, 15) is 14.9 Å². The maximum atomic E-state index is 12.4. The van der Waals surface area contributed by atoms with Crippen LogP contribution in [0.25, 0.3) is 0 Å². The zero-order chi connectivity index (χ0) is 20.8. The molecule has 0 atom stereocenters. The Balaban J connectivity index is 1.50. The third kappa shape index (κ3) is 5.38. The first-order chi connectivity index (χ1) is 14.0. The number of nitriles is 1. The van der Waals surface area contributed by atoms with Gasteiger partial charge in [0.05, 0.1) is 23.1 Å². The Bertz CT molecular complexity index is 928. The van der Waals surface area contributed by atoms with Gasteiger partial charge < -0.3 is 5.32 Å². The molecule has 1 aliphatic rings. The van der Waals surface area contributed by atoms with Crippen molar-refractivity contribution in [2.45, 2.75) is 13.5 Å². The summed E-state index contributed by atoms with van der Waals surface area (Å²) in [4.78, 5) is 27.5. The number of aryl methyl sites for hydroxylation is 1. The van der Waals surface area contributed by atoms with Gasteiger partial charge in [-0.2, -0.15) is 5.26 Å². The van der Waals surface area contributed by atoms with E-state index in [0.29, 0.717) is 11.1 Å². The van der Waals surface area contributed by atoms with E-state index in [-0.39, 0.29) is 23.8 Å². The van der Waals surface area contributed by atoms with Crippen LogP contribution in [0.15, 0.2) is 42.5 Å². The molecule has 0 saturated carbocycles. The number of nitrogens with zero attached hydrogens (tertiary/aromatic N) is 4.